The summed E-state index contributed by atoms with van der Waals surface area (Å²) in [6.45, 7) is 4.74. The molecule has 0 aliphatic heterocycles. The van der Waals surface area contributed by atoms with Gasteiger partial charge >= 0.3 is 0 Å². The van der Waals surface area contributed by atoms with Gasteiger partial charge in [-0.15, -0.1) is 0 Å². The van der Waals surface area contributed by atoms with Crippen LogP contribution in [0.5, 0.6) is 5.75 Å². The van der Waals surface area contributed by atoms with Crippen LogP contribution in [0.1, 0.15) is 63.0 Å². The van der Waals surface area contributed by atoms with E-state index in [9.17, 15) is 0 Å². The van der Waals surface area contributed by atoms with Crippen LogP contribution in [0.2, 0.25) is 5.02 Å². The summed E-state index contributed by atoms with van der Waals surface area (Å²) in [4.78, 5) is 4.86. The van der Waals surface area contributed by atoms with Crippen LogP contribution in [0.15, 0.2) is 47.5 Å². The molecule has 0 heterocycles. The average molecular weight is 410 g/mol. The Bertz CT molecular complexity index is 892. The normalized spacial score (nSPS) is 28.8. The lowest BCUT2D eigenvalue weighted by molar-refractivity contribution is 0.0784. The predicted molar refractivity (Wildman–Crippen MR) is 123 cm³/mol. The van der Waals surface area contributed by atoms with Crippen molar-refractivity contribution >= 4 is 23.5 Å². The zero-order valence-corrected chi connectivity index (χ0v) is 18.6. The van der Waals surface area contributed by atoms with E-state index in [0.717, 1.165) is 28.8 Å². The first kappa shape index (κ1) is 20.5. The zero-order valence-electron chi connectivity index (χ0n) is 17.8. The van der Waals surface area contributed by atoms with E-state index in [2.05, 4.69) is 38.3 Å². The van der Waals surface area contributed by atoms with Crippen molar-refractivity contribution in [3.8, 4) is 5.75 Å². The van der Waals surface area contributed by atoms with Crippen LogP contribution in [0, 0.1) is 17.3 Å². The Hall–Kier alpha value is -1.80. The first-order chi connectivity index (χ1) is 14.1. The molecular formula is C26H32ClNO. The molecule has 0 N–H and O–H groups in total. The van der Waals surface area contributed by atoms with Crippen molar-refractivity contribution in [2.75, 3.05) is 7.11 Å². The topological polar surface area (TPSA) is 21.6 Å². The van der Waals surface area contributed by atoms with Gasteiger partial charge in [-0.2, -0.15) is 0 Å². The van der Waals surface area contributed by atoms with Gasteiger partial charge in [0.1, 0.15) is 5.75 Å². The SMILES string of the molecule is CCC[C@H]1[C@@H]2CCc3cc(OC)ccc3[C@H]2CC[C@]1(C)C=Nc1ccccc1Cl. The lowest BCUT2D eigenvalue weighted by Crippen LogP contribution is -2.43. The van der Waals surface area contributed by atoms with Gasteiger partial charge in [0.15, 0.2) is 0 Å². The van der Waals surface area contributed by atoms with E-state index in [0.29, 0.717) is 11.8 Å². The van der Waals surface area contributed by atoms with E-state index < -0.39 is 0 Å². The Balaban J connectivity index is 1.63. The van der Waals surface area contributed by atoms with Gasteiger partial charge in [0.25, 0.3) is 0 Å². The number of ether oxygens (including phenoxy) is 1. The molecule has 0 radical (unpaired) electrons. The maximum Gasteiger partial charge on any atom is 0.119 e. The van der Waals surface area contributed by atoms with Crippen LogP contribution in [-0.2, 0) is 6.42 Å². The molecule has 0 amide bonds. The van der Waals surface area contributed by atoms with Gasteiger partial charge in [-0.1, -0.05) is 50.1 Å². The number of methoxy groups -OCH3 is 1. The van der Waals surface area contributed by atoms with Gasteiger partial charge in [-0.05, 0) is 85.3 Å². The van der Waals surface area contributed by atoms with E-state index in [1.54, 1.807) is 12.7 Å². The molecule has 0 unspecified atom stereocenters. The van der Waals surface area contributed by atoms with E-state index in [-0.39, 0.29) is 5.41 Å². The van der Waals surface area contributed by atoms with Crippen LogP contribution in [-0.4, -0.2) is 13.3 Å². The molecule has 0 spiro atoms. The lowest BCUT2D eigenvalue weighted by Gasteiger charge is -2.50. The highest BCUT2D eigenvalue weighted by molar-refractivity contribution is 6.33. The maximum atomic E-state index is 6.35. The van der Waals surface area contributed by atoms with Crippen molar-refractivity contribution in [2.45, 2.75) is 58.3 Å². The number of fused-ring (bicyclic) bond motifs is 3. The third-order valence-corrected chi connectivity index (χ3v) is 7.64. The van der Waals surface area contributed by atoms with Crippen molar-refractivity contribution < 1.29 is 4.74 Å². The number of nitrogens with zero attached hydrogens (tertiary/aromatic N) is 1. The molecule has 2 aliphatic rings. The van der Waals surface area contributed by atoms with Crippen molar-refractivity contribution in [1.29, 1.82) is 0 Å². The Morgan fingerprint density at radius 1 is 1.21 bits per heavy atom. The largest absolute Gasteiger partial charge is 0.497 e. The first-order valence-electron chi connectivity index (χ1n) is 11.0. The quantitative estimate of drug-likeness (QED) is 0.465. The molecule has 0 bridgehead atoms. The number of rotatable bonds is 5. The second-order valence-electron chi connectivity index (χ2n) is 9.02. The molecule has 2 aromatic rings. The number of hydrogen-bond acceptors (Lipinski definition) is 2. The van der Waals surface area contributed by atoms with Crippen LogP contribution in [0.3, 0.4) is 0 Å². The summed E-state index contributed by atoms with van der Waals surface area (Å²) in [6, 6.07) is 14.6. The minimum atomic E-state index is 0.125. The monoisotopic (exact) mass is 409 g/mol. The summed E-state index contributed by atoms with van der Waals surface area (Å²) in [5, 5.41) is 0.730. The highest BCUT2D eigenvalue weighted by Crippen LogP contribution is 2.55. The molecule has 4 rings (SSSR count). The Kier molecular flexibility index (Phi) is 6.01. The number of para-hydroxylation sites is 1. The molecule has 2 aromatic carbocycles. The van der Waals surface area contributed by atoms with Gasteiger partial charge < -0.3 is 4.74 Å². The van der Waals surface area contributed by atoms with Crippen LogP contribution in [0.25, 0.3) is 0 Å². The Morgan fingerprint density at radius 2 is 2.03 bits per heavy atom. The molecule has 154 valence electrons. The fourth-order valence-corrected chi connectivity index (χ4v) is 6.01. The van der Waals surface area contributed by atoms with Gasteiger partial charge in [0, 0.05) is 11.6 Å². The minimum absolute atomic E-state index is 0.125. The van der Waals surface area contributed by atoms with Gasteiger partial charge in [-0.3, -0.25) is 4.99 Å². The van der Waals surface area contributed by atoms with E-state index in [1.807, 2.05) is 24.3 Å². The third-order valence-electron chi connectivity index (χ3n) is 7.32. The molecule has 1 fully saturated rings. The molecule has 2 nitrogen and oxygen atoms in total. The standard InChI is InChI=1S/C26H32ClNO/c1-4-7-23-22-12-10-18-16-19(29-3)11-13-20(18)21(22)14-15-26(23,2)17-28-25-9-6-5-8-24(25)27/h5-6,8-9,11,13,16-17,21-23H,4,7,10,12,14-15H2,1-3H3/t21-,22-,23+,26-/m1/s1. The summed E-state index contributed by atoms with van der Waals surface area (Å²) in [5.74, 6) is 3.04. The van der Waals surface area contributed by atoms with Crippen molar-refractivity contribution in [3.05, 3.63) is 58.6 Å². The molecule has 29 heavy (non-hydrogen) atoms. The van der Waals surface area contributed by atoms with Crippen molar-refractivity contribution in [2.24, 2.45) is 22.2 Å². The fraction of sp³-hybridized carbons (Fsp3) is 0.500. The second-order valence-corrected chi connectivity index (χ2v) is 9.43. The molecule has 3 heteroatoms. The van der Waals surface area contributed by atoms with E-state index in [4.69, 9.17) is 21.3 Å². The summed E-state index contributed by atoms with van der Waals surface area (Å²) >= 11 is 6.35. The van der Waals surface area contributed by atoms with Crippen molar-refractivity contribution in [3.63, 3.8) is 0 Å². The smallest absolute Gasteiger partial charge is 0.119 e. The summed E-state index contributed by atoms with van der Waals surface area (Å²) in [7, 11) is 1.76. The molecule has 0 saturated heterocycles. The predicted octanol–water partition coefficient (Wildman–Crippen LogP) is 7.61. The summed E-state index contributed by atoms with van der Waals surface area (Å²) in [6.07, 6.45) is 9.55. The number of aryl methyl sites for hydroxylation is 1. The number of hydrogen-bond donors (Lipinski definition) is 0. The Morgan fingerprint density at radius 3 is 2.79 bits per heavy atom. The van der Waals surface area contributed by atoms with E-state index in [1.165, 1.54) is 37.7 Å². The molecule has 0 aromatic heterocycles. The van der Waals surface area contributed by atoms with Crippen molar-refractivity contribution in [1.82, 2.24) is 0 Å². The van der Waals surface area contributed by atoms with Gasteiger partial charge in [0.2, 0.25) is 0 Å². The zero-order chi connectivity index (χ0) is 20.4. The maximum absolute atomic E-state index is 6.35. The summed E-state index contributed by atoms with van der Waals surface area (Å²) < 4.78 is 5.46. The minimum Gasteiger partial charge on any atom is -0.497 e. The number of aliphatic imine (C=N–C) groups is 1. The third kappa shape index (κ3) is 3.97. The van der Waals surface area contributed by atoms with E-state index >= 15 is 0 Å². The average Bonchev–Trinajstić information content (AvgIpc) is 2.74. The molecule has 4 atom stereocenters. The van der Waals surface area contributed by atoms with Gasteiger partial charge in [-0.25, -0.2) is 0 Å². The van der Waals surface area contributed by atoms with Crippen LogP contribution >= 0.6 is 11.6 Å². The highest BCUT2D eigenvalue weighted by atomic mass is 35.5. The number of benzene rings is 2. The fourth-order valence-electron chi connectivity index (χ4n) is 5.82. The molecule has 2 aliphatic carbocycles. The highest BCUT2D eigenvalue weighted by Gasteiger charge is 2.47. The molecule has 1 saturated carbocycles. The van der Waals surface area contributed by atoms with Crippen LogP contribution in [0.4, 0.5) is 5.69 Å². The van der Waals surface area contributed by atoms with Gasteiger partial charge in [0.05, 0.1) is 17.8 Å². The first-order valence-corrected chi connectivity index (χ1v) is 11.4. The second kappa shape index (κ2) is 8.52. The molecular weight excluding hydrogens is 378 g/mol. The number of halogens is 1. The lowest BCUT2D eigenvalue weighted by atomic mass is 9.54. The van der Waals surface area contributed by atoms with Crippen LogP contribution < -0.4 is 4.74 Å². The Labute approximate surface area is 180 Å². The summed E-state index contributed by atoms with van der Waals surface area (Å²) in [5.41, 5.74) is 4.07.